The maximum absolute atomic E-state index is 11.0. The van der Waals surface area contributed by atoms with Gasteiger partial charge in [0.1, 0.15) is 17.6 Å². The van der Waals surface area contributed by atoms with Gasteiger partial charge in [-0.15, -0.1) is 24.0 Å². The maximum atomic E-state index is 11.0. The van der Waals surface area contributed by atoms with Gasteiger partial charge in [-0.25, -0.2) is 0 Å². The van der Waals surface area contributed by atoms with Crippen LogP contribution in [0.4, 0.5) is 0 Å². The highest BCUT2D eigenvalue weighted by molar-refractivity contribution is 14.0. The van der Waals surface area contributed by atoms with Crippen molar-refractivity contribution in [3.05, 3.63) is 52.9 Å². The van der Waals surface area contributed by atoms with E-state index in [4.69, 9.17) is 26.5 Å². The summed E-state index contributed by atoms with van der Waals surface area (Å²) in [6.07, 6.45) is -0.0789. The standard InChI is InChI=1S/C17H21ClN4O3.HI/c1-11(24-13-5-3-12(18)4-6-13)9-21-17(20-2)22-10-14-7-8-15(25-14)16(19)23;/h3-8,11H,9-10H2,1-2H3,(H2,19,23)(H2,20,21,22);1H. The number of nitrogens with zero attached hydrogens (tertiary/aromatic N) is 1. The van der Waals surface area contributed by atoms with Crippen molar-refractivity contribution in [3.8, 4) is 5.75 Å². The van der Waals surface area contributed by atoms with E-state index in [1.54, 1.807) is 25.2 Å². The summed E-state index contributed by atoms with van der Waals surface area (Å²) in [5.74, 6) is 1.45. The second kappa shape index (κ2) is 10.9. The van der Waals surface area contributed by atoms with E-state index in [0.29, 0.717) is 29.8 Å². The molecule has 26 heavy (non-hydrogen) atoms. The third-order valence-electron chi connectivity index (χ3n) is 3.27. The Labute approximate surface area is 174 Å². The van der Waals surface area contributed by atoms with Crippen LogP contribution in [0.15, 0.2) is 45.8 Å². The number of carbonyl (C=O) groups excluding carboxylic acids is 1. The summed E-state index contributed by atoms with van der Waals surface area (Å²) in [6.45, 7) is 2.87. The van der Waals surface area contributed by atoms with Crippen molar-refractivity contribution >= 4 is 47.4 Å². The maximum Gasteiger partial charge on any atom is 0.284 e. The van der Waals surface area contributed by atoms with Crippen LogP contribution in [0.25, 0.3) is 0 Å². The van der Waals surface area contributed by atoms with Gasteiger partial charge in [0.25, 0.3) is 5.91 Å². The van der Waals surface area contributed by atoms with Gasteiger partial charge < -0.3 is 25.5 Å². The van der Waals surface area contributed by atoms with Crippen LogP contribution >= 0.6 is 35.6 Å². The zero-order valence-electron chi connectivity index (χ0n) is 14.5. The van der Waals surface area contributed by atoms with E-state index < -0.39 is 5.91 Å². The van der Waals surface area contributed by atoms with Gasteiger partial charge in [-0.05, 0) is 43.3 Å². The van der Waals surface area contributed by atoms with E-state index in [1.807, 2.05) is 19.1 Å². The fraction of sp³-hybridized carbons (Fsp3) is 0.294. The Bertz CT molecular complexity index is 734. The van der Waals surface area contributed by atoms with E-state index >= 15 is 0 Å². The molecule has 4 N–H and O–H groups in total. The summed E-state index contributed by atoms with van der Waals surface area (Å²) in [7, 11) is 1.66. The van der Waals surface area contributed by atoms with Gasteiger partial charge in [0, 0.05) is 12.1 Å². The summed E-state index contributed by atoms with van der Waals surface area (Å²) in [4.78, 5) is 15.1. The molecule has 2 aromatic rings. The number of nitrogens with two attached hydrogens (primary N) is 1. The van der Waals surface area contributed by atoms with Crippen LogP contribution < -0.4 is 21.1 Å². The van der Waals surface area contributed by atoms with Gasteiger partial charge >= 0.3 is 0 Å². The number of aliphatic imine (C=N–C) groups is 1. The van der Waals surface area contributed by atoms with Crippen LogP contribution in [0.1, 0.15) is 23.2 Å². The lowest BCUT2D eigenvalue weighted by atomic mass is 10.3. The van der Waals surface area contributed by atoms with Crippen molar-refractivity contribution in [2.75, 3.05) is 13.6 Å². The summed E-state index contributed by atoms with van der Waals surface area (Å²) in [6, 6.07) is 10.4. The minimum atomic E-state index is -0.595. The summed E-state index contributed by atoms with van der Waals surface area (Å²) >= 11 is 5.85. The molecule has 1 aromatic heterocycles. The van der Waals surface area contributed by atoms with Crippen LogP contribution in [-0.4, -0.2) is 31.6 Å². The molecule has 0 aliphatic rings. The normalized spacial score (nSPS) is 12.0. The van der Waals surface area contributed by atoms with Crippen molar-refractivity contribution in [2.24, 2.45) is 10.7 Å². The Morgan fingerprint density at radius 1 is 1.27 bits per heavy atom. The number of hydrogen-bond donors (Lipinski definition) is 3. The van der Waals surface area contributed by atoms with Crippen molar-refractivity contribution in [2.45, 2.75) is 19.6 Å². The first-order valence-electron chi connectivity index (χ1n) is 7.73. The predicted molar refractivity (Wildman–Crippen MR) is 112 cm³/mol. The molecule has 1 unspecified atom stereocenters. The smallest absolute Gasteiger partial charge is 0.284 e. The van der Waals surface area contributed by atoms with Crippen molar-refractivity contribution in [1.82, 2.24) is 10.6 Å². The topological polar surface area (TPSA) is 102 Å². The Morgan fingerprint density at radius 3 is 2.54 bits per heavy atom. The summed E-state index contributed by atoms with van der Waals surface area (Å²) in [5, 5.41) is 6.91. The molecule has 0 radical (unpaired) electrons. The molecular weight excluding hydrogens is 471 g/mol. The molecule has 1 heterocycles. The molecule has 1 atom stereocenters. The molecule has 0 bridgehead atoms. The largest absolute Gasteiger partial charge is 0.489 e. The number of rotatable bonds is 7. The van der Waals surface area contributed by atoms with Gasteiger partial charge in [-0.3, -0.25) is 9.79 Å². The number of benzene rings is 1. The van der Waals surface area contributed by atoms with Crippen LogP contribution in [-0.2, 0) is 6.54 Å². The molecule has 2 rings (SSSR count). The van der Waals surface area contributed by atoms with Gasteiger partial charge in [0.05, 0.1) is 13.1 Å². The highest BCUT2D eigenvalue weighted by Crippen LogP contribution is 2.16. The first-order valence-corrected chi connectivity index (χ1v) is 8.11. The van der Waals surface area contributed by atoms with Gasteiger partial charge in [-0.1, -0.05) is 11.6 Å². The summed E-state index contributed by atoms with van der Waals surface area (Å²) in [5.41, 5.74) is 5.15. The molecule has 142 valence electrons. The molecule has 0 aliphatic heterocycles. The Hall–Kier alpha value is -1.94. The molecule has 1 amide bonds. The van der Waals surface area contributed by atoms with Crippen LogP contribution in [0.5, 0.6) is 5.75 Å². The van der Waals surface area contributed by atoms with Gasteiger partial charge in [0.15, 0.2) is 11.7 Å². The Kier molecular flexibility index (Phi) is 9.28. The van der Waals surface area contributed by atoms with Crippen LogP contribution in [0.3, 0.4) is 0 Å². The monoisotopic (exact) mass is 492 g/mol. The van der Waals surface area contributed by atoms with E-state index in [9.17, 15) is 4.79 Å². The molecule has 9 heteroatoms. The van der Waals surface area contributed by atoms with Crippen LogP contribution in [0.2, 0.25) is 5.02 Å². The molecule has 1 aromatic carbocycles. The average molecular weight is 493 g/mol. The van der Waals surface area contributed by atoms with Gasteiger partial charge in [0.2, 0.25) is 0 Å². The number of furan rings is 1. The van der Waals surface area contributed by atoms with E-state index in [0.717, 1.165) is 5.75 Å². The second-order valence-corrected chi connectivity index (χ2v) is 5.76. The lowest BCUT2D eigenvalue weighted by molar-refractivity contribution is 0.0972. The predicted octanol–water partition coefficient (Wildman–Crippen LogP) is 2.78. The molecular formula is C17H22ClIN4O3. The number of primary amides is 1. The first kappa shape index (κ1) is 22.1. The fourth-order valence-corrected chi connectivity index (χ4v) is 2.15. The number of amides is 1. The Morgan fingerprint density at radius 2 is 1.96 bits per heavy atom. The zero-order valence-corrected chi connectivity index (χ0v) is 17.6. The van der Waals surface area contributed by atoms with Crippen LogP contribution in [0, 0.1) is 0 Å². The lowest BCUT2D eigenvalue weighted by Crippen LogP contribution is -2.41. The van der Waals surface area contributed by atoms with Gasteiger partial charge in [-0.2, -0.15) is 0 Å². The minimum Gasteiger partial charge on any atom is -0.489 e. The molecule has 0 aliphatic carbocycles. The number of nitrogens with one attached hydrogen (secondary N) is 2. The highest BCUT2D eigenvalue weighted by atomic mass is 127. The lowest BCUT2D eigenvalue weighted by Gasteiger charge is -2.17. The summed E-state index contributed by atoms with van der Waals surface area (Å²) < 4.78 is 11.1. The number of carbonyl (C=O) groups is 1. The second-order valence-electron chi connectivity index (χ2n) is 5.32. The SMILES string of the molecule is CN=C(NCc1ccc(C(N)=O)o1)NCC(C)Oc1ccc(Cl)cc1.I. The number of hydrogen-bond acceptors (Lipinski definition) is 4. The molecule has 7 nitrogen and oxygen atoms in total. The fourth-order valence-electron chi connectivity index (χ4n) is 2.02. The molecule has 0 saturated heterocycles. The third kappa shape index (κ3) is 7.12. The molecule has 0 fully saturated rings. The highest BCUT2D eigenvalue weighted by Gasteiger charge is 2.09. The van der Waals surface area contributed by atoms with Crippen molar-refractivity contribution in [1.29, 1.82) is 0 Å². The molecule has 0 saturated carbocycles. The first-order chi connectivity index (χ1) is 12.0. The van der Waals surface area contributed by atoms with E-state index in [-0.39, 0.29) is 35.8 Å². The Balaban J connectivity index is 0.00000338. The zero-order chi connectivity index (χ0) is 18.2. The van der Waals surface area contributed by atoms with Crippen molar-refractivity contribution in [3.63, 3.8) is 0 Å². The number of ether oxygens (including phenoxy) is 1. The minimum absolute atomic E-state index is 0. The van der Waals surface area contributed by atoms with E-state index in [1.165, 1.54) is 6.07 Å². The molecule has 0 spiro atoms. The third-order valence-corrected chi connectivity index (χ3v) is 3.52. The number of halogens is 2. The number of guanidine groups is 1. The average Bonchev–Trinajstić information content (AvgIpc) is 3.06. The van der Waals surface area contributed by atoms with Crippen molar-refractivity contribution < 1.29 is 13.9 Å². The van der Waals surface area contributed by atoms with E-state index in [2.05, 4.69) is 15.6 Å². The quantitative estimate of drug-likeness (QED) is 0.313.